The zero-order chi connectivity index (χ0) is 18.5. The number of hydrogen-bond donors (Lipinski definition) is 0. The summed E-state index contributed by atoms with van der Waals surface area (Å²) >= 11 is 3.13. The van der Waals surface area contributed by atoms with E-state index in [4.69, 9.17) is 14.0 Å². The van der Waals surface area contributed by atoms with Crippen LogP contribution in [0.2, 0.25) is 0 Å². The van der Waals surface area contributed by atoms with E-state index in [2.05, 4.69) is 26.1 Å². The predicted molar refractivity (Wildman–Crippen MR) is 94.1 cm³/mol. The van der Waals surface area contributed by atoms with E-state index in [1.165, 1.54) is 12.1 Å². The Morgan fingerprint density at radius 3 is 2.85 bits per heavy atom. The van der Waals surface area contributed by atoms with Crippen LogP contribution in [-0.2, 0) is 11.3 Å². The van der Waals surface area contributed by atoms with Crippen molar-refractivity contribution >= 4 is 21.9 Å². The molecule has 0 atom stereocenters. The number of esters is 1. The van der Waals surface area contributed by atoms with Gasteiger partial charge in [0.05, 0.1) is 17.7 Å². The van der Waals surface area contributed by atoms with Crippen molar-refractivity contribution in [3.05, 3.63) is 64.2 Å². The molecule has 26 heavy (non-hydrogen) atoms. The van der Waals surface area contributed by atoms with Crippen LogP contribution in [0.5, 0.6) is 5.75 Å². The summed E-state index contributed by atoms with van der Waals surface area (Å²) in [4.78, 5) is 16.2. The molecule has 8 heteroatoms. The molecule has 0 aliphatic carbocycles. The molecule has 0 N–H and O–H groups in total. The van der Waals surface area contributed by atoms with Crippen molar-refractivity contribution in [3.63, 3.8) is 0 Å². The summed E-state index contributed by atoms with van der Waals surface area (Å²) in [5.41, 5.74) is 0.490. The third kappa shape index (κ3) is 4.08. The van der Waals surface area contributed by atoms with E-state index in [0.717, 1.165) is 0 Å². The largest absolute Gasteiger partial charge is 0.493 e. The highest BCUT2D eigenvalue weighted by molar-refractivity contribution is 9.10. The minimum absolute atomic E-state index is 0.0946. The zero-order valence-corrected chi connectivity index (χ0v) is 15.3. The zero-order valence-electron chi connectivity index (χ0n) is 13.7. The molecule has 1 heterocycles. The molecule has 0 saturated heterocycles. The molecule has 3 aromatic rings. The van der Waals surface area contributed by atoms with Crippen LogP contribution >= 0.6 is 15.9 Å². The third-order valence-corrected chi connectivity index (χ3v) is 3.87. The molecule has 2 aromatic carbocycles. The number of benzene rings is 2. The van der Waals surface area contributed by atoms with Crippen LogP contribution in [0.1, 0.15) is 23.2 Å². The second-order valence-corrected chi connectivity index (χ2v) is 6.06. The number of nitrogens with zero attached hydrogens (tertiary/aromatic N) is 2. The first-order valence-corrected chi connectivity index (χ1v) is 8.54. The maximum absolute atomic E-state index is 13.8. The van der Waals surface area contributed by atoms with E-state index >= 15 is 0 Å². The fourth-order valence-electron chi connectivity index (χ4n) is 2.22. The van der Waals surface area contributed by atoms with Gasteiger partial charge in [-0.05, 0) is 37.3 Å². The van der Waals surface area contributed by atoms with E-state index in [1.807, 2.05) is 19.1 Å². The van der Waals surface area contributed by atoms with Gasteiger partial charge in [-0.25, -0.2) is 9.18 Å². The van der Waals surface area contributed by atoms with Crippen LogP contribution in [0.3, 0.4) is 0 Å². The molecule has 0 amide bonds. The number of hydrogen-bond acceptors (Lipinski definition) is 6. The Labute approximate surface area is 157 Å². The molecule has 134 valence electrons. The average Bonchev–Trinajstić information content (AvgIpc) is 3.09. The van der Waals surface area contributed by atoms with Crippen LogP contribution in [0, 0.1) is 5.82 Å². The third-order valence-electron chi connectivity index (χ3n) is 3.37. The topological polar surface area (TPSA) is 74.5 Å². The van der Waals surface area contributed by atoms with Gasteiger partial charge in [0.15, 0.2) is 6.61 Å². The molecule has 0 unspecified atom stereocenters. The van der Waals surface area contributed by atoms with Crippen molar-refractivity contribution in [2.75, 3.05) is 6.61 Å². The number of ether oxygens (including phenoxy) is 2. The summed E-state index contributed by atoms with van der Waals surface area (Å²) in [6.07, 6.45) is 0. The number of carbonyl (C=O) groups is 1. The second kappa shape index (κ2) is 8.09. The fourth-order valence-corrected chi connectivity index (χ4v) is 2.55. The van der Waals surface area contributed by atoms with E-state index in [1.54, 1.807) is 18.2 Å². The predicted octanol–water partition coefficient (Wildman–Crippen LogP) is 4.39. The Morgan fingerprint density at radius 1 is 1.27 bits per heavy atom. The summed E-state index contributed by atoms with van der Waals surface area (Å²) in [6.45, 7) is 2.11. The lowest BCUT2D eigenvalue weighted by molar-refractivity contribution is 0.0424. The fraction of sp³-hybridized carbons (Fsp3) is 0.167. The van der Waals surface area contributed by atoms with Crippen LogP contribution in [0.15, 0.2) is 51.5 Å². The Bertz CT molecular complexity index is 929. The molecule has 0 aliphatic rings. The SMILES string of the molecule is CCOc1ccccc1-c1noc(COC(=O)c2ccc(Br)cc2F)n1. The van der Waals surface area contributed by atoms with Crippen molar-refractivity contribution in [2.24, 2.45) is 0 Å². The highest BCUT2D eigenvalue weighted by Crippen LogP contribution is 2.27. The van der Waals surface area contributed by atoms with Gasteiger partial charge in [0.1, 0.15) is 11.6 Å². The van der Waals surface area contributed by atoms with Crippen LogP contribution in [0.4, 0.5) is 4.39 Å². The lowest BCUT2D eigenvalue weighted by Crippen LogP contribution is -2.07. The molecule has 1 aromatic heterocycles. The first kappa shape index (κ1) is 18.1. The maximum atomic E-state index is 13.8. The van der Waals surface area contributed by atoms with Crippen LogP contribution in [0.25, 0.3) is 11.4 Å². The second-order valence-electron chi connectivity index (χ2n) is 5.14. The first-order valence-electron chi connectivity index (χ1n) is 7.75. The lowest BCUT2D eigenvalue weighted by atomic mass is 10.2. The van der Waals surface area contributed by atoms with Crippen molar-refractivity contribution in [1.29, 1.82) is 0 Å². The molecule has 0 radical (unpaired) electrons. The number of aromatic nitrogens is 2. The minimum Gasteiger partial charge on any atom is -0.493 e. The molecular weight excluding hydrogens is 407 g/mol. The van der Waals surface area contributed by atoms with Crippen LogP contribution < -0.4 is 4.74 Å². The Morgan fingerprint density at radius 2 is 2.08 bits per heavy atom. The van der Waals surface area contributed by atoms with E-state index in [9.17, 15) is 9.18 Å². The van der Waals surface area contributed by atoms with Gasteiger partial charge in [-0.2, -0.15) is 4.98 Å². The van der Waals surface area contributed by atoms with Gasteiger partial charge in [-0.1, -0.05) is 33.2 Å². The van der Waals surface area contributed by atoms with Crippen molar-refractivity contribution in [3.8, 4) is 17.1 Å². The summed E-state index contributed by atoms with van der Waals surface area (Å²) in [7, 11) is 0. The van der Waals surface area contributed by atoms with Gasteiger partial charge >= 0.3 is 5.97 Å². The van der Waals surface area contributed by atoms with Gasteiger partial charge in [0, 0.05) is 4.47 Å². The van der Waals surface area contributed by atoms with Crippen molar-refractivity contribution < 1.29 is 23.2 Å². The van der Waals surface area contributed by atoms with E-state index in [0.29, 0.717) is 28.2 Å². The van der Waals surface area contributed by atoms with Gasteiger partial charge in [0.25, 0.3) is 5.89 Å². The molecule has 3 rings (SSSR count). The molecular formula is C18H14BrFN2O4. The van der Waals surface area contributed by atoms with Gasteiger partial charge in [-0.3, -0.25) is 0 Å². The Balaban J connectivity index is 1.70. The van der Waals surface area contributed by atoms with Crippen molar-refractivity contribution in [1.82, 2.24) is 10.1 Å². The lowest BCUT2D eigenvalue weighted by Gasteiger charge is -2.06. The molecule has 0 spiro atoms. The highest BCUT2D eigenvalue weighted by atomic mass is 79.9. The van der Waals surface area contributed by atoms with E-state index in [-0.39, 0.29) is 18.1 Å². The van der Waals surface area contributed by atoms with Crippen LogP contribution in [-0.4, -0.2) is 22.7 Å². The number of carbonyl (C=O) groups excluding carboxylic acids is 1. The van der Waals surface area contributed by atoms with Crippen molar-refractivity contribution in [2.45, 2.75) is 13.5 Å². The Kier molecular flexibility index (Phi) is 5.62. The quantitative estimate of drug-likeness (QED) is 0.550. The number of para-hydroxylation sites is 1. The molecule has 6 nitrogen and oxygen atoms in total. The monoisotopic (exact) mass is 420 g/mol. The highest BCUT2D eigenvalue weighted by Gasteiger charge is 2.17. The molecule has 0 bridgehead atoms. The maximum Gasteiger partial charge on any atom is 0.341 e. The normalized spacial score (nSPS) is 10.6. The number of halogens is 2. The van der Waals surface area contributed by atoms with Gasteiger partial charge in [0.2, 0.25) is 5.82 Å². The molecule has 0 saturated carbocycles. The average molecular weight is 421 g/mol. The number of rotatable bonds is 6. The minimum atomic E-state index is -0.815. The standard InChI is InChI=1S/C18H14BrFN2O4/c1-2-24-15-6-4-3-5-13(15)17-21-16(26-22-17)10-25-18(23)12-8-7-11(19)9-14(12)20/h3-9H,2,10H2,1H3. The molecule has 0 aliphatic heterocycles. The smallest absolute Gasteiger partial charge is 0.341 e. The van der Waals surface area contributed by atoms with Gasteiger partial charge < -0.3 is 14.0 Å². The molecule has 0 fully saturated rings. The summed E-state index contributed by atoms with van der Waals surface area (Å²) < 4.78 is 30.0. The summed E-state index contributed by atoms with van der Waals surface area (Å²) in [5, 5.41) is 3.87. The Hall–Kier alpha value is -2.74. The first-order chi connectivity index (χ1) is 12.6. The van der Waals surface area contributed by atoms with Gasteiger partial charge in [-0.15, -0.1) is 0 Å². The summed E-state index contributed by atoms with van der Waals surface area (Å²) in [5.74, 6) is -0.464. The van der Waals surface area contributed by atoms with E-state index < -0.39 is 11.8 Å². The summed E-state index contributed by atoms with van der Waals surface area (Å²) in [6, 6.07) is 11.3.